The summed E-state index contributed by atoms with van der Waals surface area (Å²) in [5.74, 6) is 0.344. The molecule has 0 unspecified atom stereocenters. The number of rotatable bonds is 4. The Morgan fingerprint density at radius 2 is 2.12 bits per heavy atom. The van der Waals surface area contributed by atoms with Gasteiger partial charge in [0, 0.05) is 18.6 Å². The zero-order valence-electron chi connectivity index (χ0n) is 10.4. The summed E-state index contributed by atoms with van der Waals surface area (Å²) in [5.41, 5.74) is 3.10. The summed E-state index contributed by atoms with van der Waals surface area (Å²) in [5, 5.41) is 0. The quantitative estimate of drug-likeness (QED) is 0.710. The molecule has 0 atom stereocenters. The van der Waals surface area contributed by atoms with Crippen molar-refractivity contribution >= 4 is 17.7 Å². The molecule has 1 aromatic carbocycles. The van der Waals surface area contributed by atoms with Gasteiger partial charge in [0.2, 0.25) is 0 Å². The Morgan fingerprint density at radius 1 is 1.44 bits per heavy atom. The van der Waals surface area contributed by atoms with E-state index in [0.717, 1.165) is 11.3 Å². The fourth-order valence-corrected chi connectivity index (χ4v) is 1.47. The first-order chi connectivity index (χ1) is 7.54. The van der Waals surface area contributed by atoms with E-state index in [0.29, 0.717) is 6.42 Å². The van der Waals surface area contributed by atoms with Crippen LogP contribution >= 0.6 is 0 Å². The molecule has 0 N–H and O–H groups in total. The fraction of sp³-hybridized carbons (Fsp3) is 0.429. The van der Waals surface area contributed by atoms with Gasteiger partial charge in [-0.2, -0.15) is 0 Å². The number of benzene rings is 1. The van der Waals surface area contributed by atoms with Crippen LogP contribution in [0.3, 0.4) is 0 Å². The van der Waals surface area contributed by atoms with Gasteiger partial charge >= 0.3 is 0 Å². The molecule has 0 bridgehead atoms. The van der Waals surface area contributed by atoms with Crippen molar-refractivity contribution in [1.29, 1.82) is 0 Å². The number of aliphatic imine (C=N–C) groups is 1. The van der Waals surface area contributed by atoms with Crippen LogP contribution in [0.4, 0.5) is 5.69 Å². The third-order valence-corrected chi connectivity index (χ3v) is 2.52. The number of hydrogen-bond acceptors (Lipinski definition) is 2. The molecule has 0 saturated heterocycles. The maximum absolute atomic E-state index is 11.7. The summed E-state index contributed by atoms with van der Waals surface area (Å²) < 4.78 is 0. The fourth-order valence-electron chi connectivity index (χ4n) is 1.47. The number of carbonyl (C=O) groups is 1. The van der Waals surface area contributed by atoms with E-state index in [2.05, 4.69) is 4.99 Å². The maximum Gasteiger partial charge on any atom is 0.139 e. The van der Waals surface area contributed by atoms with Crippen LogP contribution in [0, 0.1) is 12.8 Å². The highest BCUT2D eigenvalue weighted by molar-refractivity contribution is 5.84. The van der Waals surface area contributed by atoms with Gasteiger partial charge in [0.05, 0.1) is 5.69 Å². The van der Waals surface area contributed by atoms with Crippen molar-refractivity contribution in [3.8, 4) is 0 Å². The molecular formula is C14H19NO. The van der Waals surface area contributed by atoms with Crippen molar-refractivity contribution in [2.75, 3.05) is 0 Å². The summed E-state index contributed by atoms with van der Waals surface area (Å²) >= 11 is 0. The zero-order chi connectivity index (χ0) is 12.1. The molecule has 0 aliphatic carbocycles. The number of carbonyl (C=O) groups excluding carboxylic acids is 1. The lowest BCUT2D eigenvalue weighted by Crippen LogP contribution is -2.10. The van der Waals surface area contributed by atoms with Crippen molar-refractivity contribution in [3.05, 3.63) is 29.3 Å². The largest absolute Gasteiger partial charge is 0.299 e. The van der Waals surface area contributed by atoms with Gasteiger partial charge < -0.3 is 0 Å². The SMILES string of the molecule is CC=Nc1cc(C)ccc1CC(=O)C(C)C. The van der Waals surface area contributed by atoms with Crippen molar-refractivity contribution in [2.24, 2.45) is 10.9 Å². The highest BCUT2D eigenvalue weighted by Gasteiger charge is 2.10. The van der Waals surface area contributed by atoms with E-state index >= 15 is 0 Å². The number of hydrogen-bond donors (Lipinski definition) is 0. The van der Waals surface area contributed by atoms with Crippen molar-refractivity contribution in [3.63, 3.8) is 0 Å². The first-order valence-corrected chi connectivity index (χ1v) is 5.65. The predicted octanol–water partition coefficient (Wildman–Crippen LogP) is 3.48. The third kappa shape index (κ3) is 3.30. The van der Waals surface area contributed by atoms with Crippen molar-refractivity contribution < 1.29 is 4.79 Å². The standard InChI is InChI=1S/C14H19NO/c1-5-15-13-8-11(4)6-7-12(13)9-14(16)10(2)3/h5-8,10H,9H2,1-4H3. The van der Waals surface area contributed by atoms with Crippen molar-refractivity contribution in [1.82, 2.24) is 0 Å². The smallest absolute Gasteiger partial charge is 0.139 e. The molecule has 0 fully saturated rings. The van der Waals surface area contributed by atoms with E-state index < -0.39 is 0 Å². The van der Waals surface area contributed by atoms with Crippen LogP contribution in [0.5, 0.6) is 0 Å². The lowest BCUT2D eigenvalue weighted by Gasteiger charge is -2.08. The summed E-state index contributed by atoms with van der Waals surface area (Å²) in [6, 6.07) is 6.04. The van der Waals surface area contributed by atoms with E-state index in [1.54, 1.807) is 6.21 Å². The second kappa shape index (κ2) is 5.59. The monoisotopic (exact) mass is 217 g/mol. The van der Waals surface area contributed by atoms with Crippen LogP contribution in [-0.2, 0) is 11.2 Å². The van der Waals surface area contributed by atoms with Gasteiger partial charge in [-0.15, -0.1) is 0 Å². The van der Waals surface area contributed by atoms with Crippen LogP contribution in [0.1, 0.15) is 31.9 Å². The molecule has 2 heteroatoms. The summed E-state index contributed by atoms with van der Waals surface area (Å²) in [4.78, 5) is 16.0. The molecule has 0 spiro atoms. The van der Waals surface area contributed by atoms with Gasteiger partial charge in [-0.1, -0.05) is 26.0 Å². The van der Waals surface area contributed by atoms with E-state index in [4.69, 9.17) is 0 Å². The van der Waals surface area contributed by atoms with Gasteiger partial charge in [0.1, 0.15) is 5.78 Å². The van der Waals surface area contributed by atoms with Crippen LogP contribution in [0.25, 0.3) is 0 Å². The lowest BCUT2D eigenvalue weighted by atomic mass is 9.99. The first-order valence-electron chi connectivity index (χ1n) is 5.65. The Bertz CT molecular complexity index is 405. The van der Waals surface area contributed by atoms with Gasteiger partial charge in [-0.25, -0.2) is 0 Å². The van der Waals surface area contributed by atoms with E-state index in [1.807, 2.05) is 45.9 Å². The predicted molar refractivity (Wildman–Crippen MR) is 68.6 cm³/mol. The maximum atomic E-state index is 11.7. The molecule has 0 aliphatic heterocycles. The minimum Gasteiger partial charge on any atom is -0.299 e. The Morgan fingerprint density at radius 3 is 2.69 bits per heavy atom. The van der Waals surface area contributed by atoms with Crippen LogP contribution in [0.2, 0.25) is 0 Å². The molecule has 0 radical (unpaired) electrons. The lowest BCUT2D eigenvalue weighted by molar-refractivity contribution is -0.121. The molecule has 0 heterocycles. The van der Waals surface area contributed by atoms with E-state index in [-0.39, 0.29) is 11.7 Å². The molecule has 0 aliphatic rings. The topological polar surface area (TPSA) is 29.4 Å². The number of Topliss-reactive ketones (excluding diaryl/α,β-unsaturated/α-hetero) is 1. The van der Waals surface area contributed by atoms with Gasteiger partial charge in [0.15, 0.2) is 0 Å². The molecular weight excluding hydrogens is 198 g/mol. The number of ketones is 1. The molecule has 0 aromatic heterocycles. The van der Waals surface area contributed by atoms with Crippen molar-refractivity contribution in [2.45, 2.75) is 34.1 Å². The van der Waals surface area contributed by atoms with Crippen LogP contribution < -0.4 is 0 Å². The van der Waals surface area contributed by atoms with Crippen LogP contribution in [-0.4, -0.2) is 12.0 Å². The van der Waals surface area contributed by atoms with Gasteiger partial charge in [0.25, 0.3) is 0 Å². The second-order valence-electron chi connectivity index (χ2n) is 4.32. The summed E-state index contributed by atoms with van der Waals surface area (Å²) in [6.45, 7) is 7.78. The average Bonchev–Trinajstić information content (AvgIpc) is 2.22. The normalized spacial score (nSPS) is 11.3. The number of aryl methyl sites for hydroxylation is 1. The third-order valence-electron chi connectivity index (χ3n) is 2.52. The van der Waals surface area contributed by atoms with Gasteiger partial charge in [-0.3, -0.25) is 9.79 Å². The molecule has 0 saturated carbocycles. The van der Waals surface area contributed by atoms with Crippen LogP contribution in [0.15, 0.2) is 23.2 Å². The summed E-state index contributed by atoms with van der Waals surface area (Å²) in [6.07, 6.45) is 2.24. The molecule has 1 rings (SSSR count). The first kappa shape index (κ1) is 12.6. The molecule has 0 amide bonds. The molecule has 16 heavy (non-hydrogen) atoms. The van der Waals surface area contributed by atoms with E-state index in [9.17, 15) is 4.79 Å². The second-order valence-corrected chi connectivity index (χ2v) is 4.32. The highest BCUT2D eigenvalue weighted by atomic mass is 16.1. The molecule has 86 valence electrons. The minimum absolute atomic E-state index is 0.0831. The van der Waals surface area contributed by atoms with E-state index in [1.165, 1.54) is 5.56 Å². The van der Waals surface area contributed by atoms with Gasteiger partial charge in [-0.05, 0) is 31.0 Å². The highest BCUT2D eigenvalue weighted by Crippen LogP contribution is 2.22. The Hall–Kier alpha value is -1.44. The Balaban J connectivity index is 2.99. The molecule has 2 nitrogen and oxygen atoms in total. The molecule has 1 aromatic rings. The summed E-state index contributed by atoms with van der Waals surface area (Å²) in [7, 11) is 0. The minimum atomic E-state index is 0.0831. The average molecular weight is 217 g/mol. The zero-order valence-corrected chi connectivity index (χ0v) is 10.4. The Kier molecular flexibility index (Phi) is 4.41. The number of nitrogens with zero attached hydrogens (tertiary/aromatic N) is 1. The Labute approximate surface area is 97.4 Å².